The van der Waals surface area contributed by atoms with Crippen LogP contribution in [0.4, 0.5) is 0 Å². The van der Waals surface area contributed by atoms with Crippen LogP contribution in [-0.2, 0) is 9.47 Å². The monoisotopic (exact) mass is 342 g/mol. The molecule has 3 heterocycles. The number of aromatic amines is 1. The molecule has 0 bridgehead atoms. The average molecular weight is 342 g/mol. The molecule has 1 saturated carbocycles. The van der Waals surface area contributed by atoms with Gasteiger partial charge in [-0.15, -0.1) is 0 Å². The van der Waals surface area contributed by atoms with Crippen LogP contribution >= 0.6 is 0 Å². The molecule has 2 aromatic rings. The fraction of sp³-hybridized carbons (Fsp3) is 0.579. The molecule has 134 valence electrons. The minimum atomic E-state index is -0.336. The number of ether oxygens (including phenoxy) is 2. The maximum absolute atomic E-state index is 6.34. The Bertz CT molecular complexity index is 639. The van der Waals surface area contributed by atoms with E-state index in [1.165, 1.54) is 25.7 Å². The first-order chi connectivity index (χ1) is 12.3. The number of nitrogens with one attached hydrogen (secondary N) is 2. The summed E-state index contributed by atoms with van der Waals surface area (Å²) in [6.45, 7) is 1.38. The van der Waals surface area contributed by atoms with Crippen LogP contribution in [0.2, 0.25) is 0 Å². The van der Waals surface area contributed by atoms with Crippen molar-refractivity contribution in [2.45, 2.75) is 56.5 Å². The van der Waals surface area contributed by atoms with Crippen molar-refractivity contribution in [3.63, 3.8) is 0 Å². The molecule has 2 fully saturated rings. The molecule has 0 aromatic carbocycles. The molecule has 2 aliphatic rings. The van der Waals surface area contributed by atoms with Crippen molar-refractivity contribution in [1.29, 1.82) is 0 Å². The smallest absolute Gasteiger partial charge is 0.168 e. The third-order valence-corrected chi connectivity index (χ3v) is 5.14. The molecule has 0 unspecified atom stereocenters. The second kappa shape index (κ2) is 7.64. The van der Waals surface area contributed by atoms with Gasteiger partial charge in [0.15, 0.2) is 5.79 Å². The van der Waals surface area contributed by atoms with Crippen molar-refractivity contribution in [3.05, 3.63) is 48.3 Å². The summed E-state index contributed by atoms with van der Waals surface area (Å²) >= 11 is 0. The van der Waals surface area contributed by atoms with Crippen molar-refractivity contribution >= 4 is 0 Å². The van der Waals surface area contributed by atoms with Gasteiger partial charge in [0.2, 0.25) is 0 Å². The van der Waals surface area contributed by atoms with Crippen LogP contribution in [0.25, 0.3) is 0 Å². The highest BCUT2D eigenvalue weighted by Gasteiger charge is 2.41. The number of imidazole rings is 1. The van der Waals surface area contributed by atoms with Gasteiger partial charge in [-0.1, -0.05) is 18.9 Å². The number of nitrogens with zero attached hydrogens (tertiary/aromatic N) is 2. The lowest BCUT2D eigenvalue weighted by Crippen LogP contribution is -2.35. The number of pyridine rings is 1. The minimum absolute atomic E-state index is 0.0296. The number of rotatable bonds is 5. The Balaban J connectivity index is 1.40. The summed E-state index contributed by atoms with van der Waals surface area (Å²) in [6, 6.07) is 3.98. The lowest BCUT2D eigenvalue weighted by molar-refractivity contribution is -0.175. The molecule has 1 spiro atoms. The van der Waals surface area contributed by atoms with Crippen LogP contribution in [0.15, 0.2) is 36.9 Å². The summed E-state index contributed by atoms with van der Waals surface area (Å²) in [5, 5.41) is 3.58. The Morgan fingerprint density at radius 1 is 1.24 bits per heavy atom. The van der Waals surface area contributed by atoms with Crippen LogP contribution in [0.3, 0.4) is 0 Å². The number of aromatic nitrogens is 3. The third kappa shape index (κ3) is 3.92. The molecule has 6 nitrogen and oxygen atoms in total. The Labute approximate surface area is 148 Å². The zero-order valence-corrected chi connectivity index (χ0v) is 14.5. The number of hydrogen-bond acceptors (Lipinski definition) is 5. The molecule has 1 saturated heterocycles. The van der Waals surface area contributed by atoms with Gasteiger partial charge in [0, 0.05) is 44.2 Å². The molecule has 2 atom stereocenters. The van der Waals surface area contributed by atoms with E-state index in [-0.39, 0.29) is 17.9 Å². The highest BCUT2D eigenvalue weighted by atomic mass is 16.7. The van der Waals surface area contributed by atoms with Crippen molar-refractivity contribution in [3.8, 4) is 0 Å². The Kier molecular flexibility index (Phi) is 5.10. The molecular weight excluding hydrogens is 316 g/mol. The predicted octanol–water partition coefficient (Wildman–Crippen LogP) is 2.95. The average Bonchev–Trinajstić information content (AvgIpc) is 3.24. The van der Waals surface area contributed by atoms with E-state index in [0.29, 0.717) is 6.61 Å². The molecule has 0 amide bonds. The maximum Gasteiger partial charge on any atom is 0.168 e. The van der Waals surface area contributed by atoms with Crippen molar-refractivity contribution < 1.29 is 9.47 Å². The first kappa shape index (κ1) is 16.7. The van der Waals surface area contributed by atoms with Gasteiger partial charge in [0.1, 0.15) is 5.82 Å². The first-order valence-electron chi connectivity index (χ1n) is 9.29. The fourth-order valence-corrected chi connectivity index (χ4v) is 3.85. The van der Waals surface area contributed by atoms with Gasteiger partial charge in [-0.05, 0) is 24.5 Å². The molecule has 25 heavy (non-hydrogen) atoms. The van der Waals surface area contributed by atoms with Gasteiger partial charge in [-0.25, -0.2) is 4.98 Å². The standard InChI is InChI=1S/C19H26N4O2/c1-2-4-8-19(7-3-1)24-14-16(25-19)13-23-17(18-21-10-11-22-18)15-6-5-9-20-12-15/h5-6,9-12,16-17,23H,1-4,7-8,13-14H2,(H,21,22)/t16-,17+/m0/s1. The van der Waals surface area contributed by atoms with E-state index in [4.69, 9.17) is 9.47 Å². The quantitative estimate of drug-likeness (QED) is 0.874. The van der Waals surface area contributed by atoms with E-state index in [1.54, 1.807) is 12.4 Å². The van der Waals surface area contributed by atoms with Crippen molar-refractivity contribution in [2.75, 3.05) is 13.2 Å². The molecular formula is C19H26N4O2. The van der Waals surface area contributed by atoms with Crippen LogP contribution in [0, 0.1) is 0 Å². The second-order valence-electron chi connectivity index (χ2n) is 6.98. The van der Waals surface area contributed by atoms with Crippen molar-refractivity contribution in [1.82, 2.24) is 20.3 Å². The Morgan fingerprint density at radius 3 is 2.84 bits per heavy atom. The van der Waals surface area contributed by atoms with E-state index < -0.39 is 0 Å². The number of hydrogen-bond donors (Lipinski definition) is 2. The topological polar surface area (TPSA) is 72.1 Å². The van der Waals surface area contributed by atoms with Gasteiger partial charge >= 0.3 is 0 Å². The van der Waals surface area contributed by atoms with E-state index in [2.05, 4.69) is 26.3 Å². The van der Waals surface area contributed by atoms with Gasteiger partial charge in [0.25, 0.3) is 0 Å². The summed E-state index contributed by atoms with van der Waals surface area (Å²) in [4.78, 5) is 11.9. The third-order valence-electron chi connectivity index (χ3n) is 5.14. The molecule has 1 aliphatic carbocycles. The highest BCUT2D eigenvalue weighted by Crippen LogP contribution is 2.36. The molecule has 4 rings (SSSR count). The highest BCUT2D eigenvalue weighted by molar-refractivity contribution is 5.21. The minimum Gasteiger partial charge on any atom is -0.347 e. The summed E-state index contributed by atoms with van der Waals surface area (Å²) in [5.41, 5.74) is 1.08. The van der Waals surface area contributed by atoms with Crippen LogP contribution < -0.4 is 5.32 Å². The maximum atomic E-state index is 6.34. The summed E-state index contributed by atoms with van der Waals surface area (Å²) < 4.78 is 12.4. The lowest BCUT2D eigenvalue weighted by Gasteiger charge is -2.27. The molecule has 0 radical (unpaired) electrons. The largest absolute Gasteiger partial charge is 0.347 e. The Morgan fingerprint density at radius 2 is 2.12 bits per heavy atom. The zero-order valence-electron chi connectivity index (χ0n) is 14.5. The second-order valence-corrected chi connectivity index (χ2v) is 6.98. The molecule has 2 N–H and O–H groups in total. The van der Waals surface area contributed by atoms with E-state index in [1.807, 2.05) is 18.5 Å². The number of H-pyrrole nitrogens is 1. The summed E-state index contributed by atoms with van der Waals surface area (Å²) in [6.07, 6.45) is 14.4. The van der Waals surface area contributed by atoms with Gasteiger partial charge in [-0.2, -0.15) is 0 Å². The summed E-state index contributed by atoms with van der Waals surface area (Å²) in [5.74, 6) is 0.549. The van der Waals surface area contributed by atoms with E-state index in [9.17, 15) is 0 Å². The molecule has 1 aliphatic heterocycles. The van der Waals surface area contributed by atoms with Gasteiger partial charge < -0.3 is 19.8 Å². The summed E-state index contributed by atoms with van der Waals surface area (Å²) in [7, 11) is 0. The van der Waals surface area contributed by atoms with Crippen LogP contribution in [0.1, 0.15) is 56.0 Å². The van der Waals surface area contributed by atoms with E-state index in [0.717, 1.165) is 30.8 Å². The van der Waals surface area contributed by atoms with Gasteiger partial charge in [-0.3, -0.25) is 4.98 Å². The molecule has 6 heteroatoms. The van der Waals surface area contributed by atoms with E-state index >= 15 is 0 Å². The van der Waals surface area contributed by atoms with Crippen LogP contribution in [0.5, 0.6) is 0 Å². The zero-order chi connectivity index (χ0) is 17.0. The first-order valence-corrected chi connectivity index (χ1v) is 9.29. The van der Waals surface area contributed by atoms with Crippen molar-refractivity contribution in [2.24, 2.45) is 0 Å². The SMILES string of the molecule is c1cncc([C@@H](NC[C@H]2COC3(CCCCCC3)O2)c2ncc[nH]2)c1. The van der Waals surface area contributed by atoms with Crippen LogP contribution in [-0.4, -0.2) is 40.0 Å². The Hall–Kier alpha value is -1.76. The normalized spacial score (nSPS) is 24.2. The van der Waals surface area contributed by atoms with Gasteiger partial charge in [0.05, 0.1) is 18.8 Å². The lowest BCUT2D eigenvalue weighted by atomic mass is 10.1. The predicted molar refractivity (Wildman–Crippen MR) is 93.9 cm³/mol. The molecule has 2 aromatic heterocycles. The fourth-order valence-electron chi connectivity index (χ4n) is 3.85.